The lowest BCUT2D eigenvalue weighted by molar-refractivity contribution is -0.132. The second-order valence-electron chi connectivity index (χ2n) is 4.66. The Morgan fingerprint density at radius 2 is 2.13 bits per heavy atom. The summed E-state index contributed by atoms with van der Waals surface area (Å²) in [5.74, 6) is 0.599. The number of carbonyl (C=O) groups excluding carboxylic acids is 1. The molecule has 1 amide bonds. The Labute approximate surface area is 92.2 Å². The molecule has 0 aromatic rings. The van der Waals surface area contributed by atoms with Crippen molar-refractivity contribution >= 4 is 5.91 Å². The van der Waals surface area contributed by atoms with Crippen molar-refractivity contribution in [3.05, 3.63) is 0 Å². The fraction of sp³-hybridized carbons (Fsp3) is 0.909. The van der Waals surface area contributed by atoms with E-state index < -0.39 is 0 Å². The molecule has 1 rings (SSSR count). The lowest BCUT2D eigenvalue weighted by Crippen LogP contribution is -2.45. The molecule has 0 spiro atoms. The molecule has 0 unspecified atom stereocenters. The third kappa shape index (κ3) is 4.18. The van der Waals surface area contributed by atoms with Gasteiger partial charge in [-0.25, -0.2) is 0 Å². The molecule has 4 nitrogen and oxygen atoms in total. The minimum Gasteiger partial charge on any atom is -0.340 e. The van der Waals surface area contributed by atoms with Gasteiger partial charge in [0.05, 0.1) is 6.04 Å². The maximum absolute atomic E-state index is 12.0. The first-order chi connectivity index (χ1) is 7.11. The van der Waals surface area contributed by atoms with Crippen molar-refractivity contribution in [3.63, 3.8) is 0 Å². The van der Waals surface area contributed by atoms with Crippen molar-refractivity contribution < 1.29 is 4.79 Å². The van der Waals surface area contributed by atoms with Crippen molar-refractivity contribution in [2.75, 3.05) is 26.2 Å². The van der Waals surface area contributed by atoms with Crippen LogP contribution in [0.2, 0.25) is 0 Å². The number of hydrogen-bond acceptors (Lipinski definition) is 3. The van der Waals surface area contributed by atoms with Crippen LogP contribution in [0.25, 0.3) is 0 Å². The van der Waals surface area contributed by atoms with Crippen LogP contribution in [0.1, 0.15) is 26.7 Å². The normalized spacial score (nSPS) is 20.1. The number of nitrogens with two attached hydrogens (primary N) is 1. The summed E-state index contributed by atoms with van der Waals surface area (Å²) < 4.78 is 0. The molecule has 0 aromatic carbocycles. The molecule has 1 aliphatic heterocycles. The summed E-state index contributed by atoms with van der Waals surface area (Å²) in [6.07, 6.45) is 1.81. The van der Waals surface area contributed by atoms with Crippen molar-refractivity contribution in [2.24, 2.45) is 11.7 Å². The van der Waals surface area contributed by atoms with Gasteiger partial charge in [0.25, 0.3) is 0 Å². The minimum atomic E-state index is -0.317. The summed E-state index contributed by atoms with van der Waals surface area (Å²) in [4.78, 5) is 13.9. The largest absolute Gasteiger partial charge is 0.340 e. The van der Waals surface area contributed by atoms with Gasteiger partial charge in [0.1, 0.15) is 0 Å². The molecule has 15 heavy (non-hydrogen) atoms. The van der Waals surface area contributed by atoms with Crippen LogP contribution < -0.4 is 11.1 Å². The second kappa shape index (κ2) is 6.08. The van der Waals surface area contributed by atoms with Crippen LogP contribution in [0.5, 0.6) is 0 Å². The maximum Gasteiger partial charge on any atom is 0.239 e. The Balaban J connectivity index is 2.42. The smallest absolute Gasteiger partial charge is 0.239 e. The zero-order chi connectivity index (χ0) is 11.3. The summed E-state index contributed by atoms with van der Waals surface area (Å²) in [7, 11) is 0. The van der Waals surface area contributed by atoms with E-state index in [1.165, 1.54) is 0 Å². The van der Waals surface area contributed by atoms with E-state index in [0.29, 0.717) is 5.92 Å². The van der Waals surface area contributed by atoms with Gasteiger partial charge in [0.2, 0.25) is 5.91 Å². The Bertz CT molecular complexity index is 198. The Morgan fingerprint density at radius 1 is 1.40 bits per heavy atom. The SMILES string of the molecule is CC(C)C[C@@H](N)C(=O)N1CCCNCC1. The molecule has 88 valence electrons. The predicted octanol–water partition coefficient (Wildman–Crippen LogP) is 0.182. The summed E-state index contributed by atoms with van der Waals surface area (Å²) in [5.41, 5.74) is 5.89. The van der Waals surface area contributed by atoms with Crippen molar-refractivity contribution in [2.45, 2.75) is 32.7 Å². The number of nitrogens with zero attached hydrogens (tertiary/aromatic N) is 1. The molecule has 1 fully saturated rings. The summed E-state index contributed by atoms with van der Waals surface area (Å²) >= 11 is 0. The molecule has 3 N–H and O–H groups in total. The third-order valence-electron chi connectivity index (χ3n) is 2.69. The van der Waals surface area contributed by atoms with Crippen molar-refractivity contribution in [1.29, 1.82) is 0 Å². The first-order valence-corrected chi connectivity index (χ1v) is 5.86. The molecule has 0 saturated carbocycles. The highest BCUT2D eigenvalue weighted by molar-refractivity contribution is 5.81. The zero-order valence-corrected chi connectivity index (χ0v) is 9.83. The first kappa shape index (κ1) is 12.5. The monoisotopic (exact) mass is 213 g/mol. The number of rotatable bonds is 3. The lowest BCUT2D eigenvalue weighted by atomic mass is 10.0. The third-order valence-corrected chi connectivity index (χ3v) is 2.69. The number of hydrogen-bond donors (Lipinski definition) is 2. The quantitative estimate of drug-likeness (QED) is 0.703. The lowest BCUT2D eigenvalue weighted by Gasteiger charge is -2.24. The summed E-state index contributed by atoms with van der Waals surface area (Å²) in [6.45, 7) is 7.72. The zero-order valence-electron chi connectivity index (χ0n) is 9.83. The molecule has 1 atom stereocenters. The van der Waals surface area contributed by atoms with Gasteiger partial charge in [-0.15, -0.1) is 0 Å². The molecule has 0 radical (unpaired) electrons. The Kier molecular flexibility index (Phi) is 5.05. The Hall–Kier alpha value is -0.610. The van der Waals surface area contributed by atoms with E-state index in [-0.39, 0.29) is 11.9 Å². The summed E-state index contributed by atoms with van der Waals surface area (Å²) in [6, 6.07) is -0.317. The van der Waals surface area contributed by atoms with E-state index in [1.54, 1.807) is 0 Å². The van der Waals surface area contributed by atoms with E-state index in [9.17, 15) is 4.79 Å². The van der Waals surface area contributed by atoms with Crippen LogP contribution in [0.3, 0.4) is 0 Å². The maximum atomic E-state index is 12.0. The highest BCUT2D eigenvalue weighted by Gasteiger charge is 2.22. The molecule has 0 aliphatic carbocycles. The van der Waals surface area contributed by atoms with Gasteiger partial charge in [-0.2, -0.15) is 0 Å². The molecule has 4 heteroatoms. The molecular formula is C11H23N3O. The fourth-order valence-corrected chi connectivity index (χ4v) is 1.91. The highest BCUT2D eigenvalue weighted by atomic mass is 16.2. The molecule has 1 heterocycles. The van der Waals surface area contributed by atoms with E-state index >= 15 is 0 Å². The highest BCUT2D eigenvalue weighted by Crippen LogP contribution is 2.06. The van der Waals surface area contributed by atoms with Crippen LogP contribution in [-0.4, -0.2) is 43.0 Å². The first-order valence-electron chi connectivity index (χ1n) is 5.86. The Morgan fingerprint density at radius 3 is 2.80 bits per heavy atom. The average molecular weight is 213 g/mol. The van der Waals surface area contributed by atoms with Gasteiger partial charge in [-0.3, -0.25) is 4.79 Å². The molecule has 1 saturated heterocycles. The minimum absolute atomic E-state index is 0.118. The number of nitrogens with one attached hydrogen (secondary N) is 1. The standard InChI is InChI=1S/C11H23N3O/c1-9(2)8-10(12)11(15)14-6-3-4-13-5-7-14/h9-10,13H,3-8,12H2,1-2H3/t10-/m1/s1. The van der Waals surface area contributed by atoms with Crippen molar-refractivity contribution in [3.8, 4) is 0 Å². The van der Waals surface area contributed by atoms with Crippen molar-refractivity contribution in [1.82, 2.24) is 10.2 Å². The summed E-state index contributed by atoms with van der Waals surface area (Å²) in [5, 5.41) is 3.28. The molecular weight excluding hydrogens is 190 g/mol. The van der Waals surface area contributed by atoms with Crippen LogP contribution in [0.15, 0.2) is 0 Å². The number of carbonyl (C=O) groups is 1. The molecule has 1 aliphatic rings. The van der Waals surface area contributed by atoms with Crippen LogP contribution in [-0.2, 0) is 4.79 Å². The topological polar surface area (TPSA) is 58.4 Å². The molecule has 0 bridgehead atoms. The van der Waals surface area contributed by atoms with Crippen LogP contribution >= 0.6 is 0 Å². The van der Waals surface area contributed by atoms with Gasteiger partial charge < -0.3 is 16.0 Å². The van der Waals surface area contributed by atoms with E-state index in [0.717, 1.165) is 39.0 Å². The fourth-order valence-electron chi connectivity index (χ4n) is 1.91. The van der Waals surface area contributed by atoms with E-state index in [2.05, 4.69) is 19.2 Å². The van der Waals surface area contributed by atoms with Gasteiger partial charge in [-0.1, -0.05) is 13.8 Å². The number of amides is 1. The van der Waals surface area contributed by atoms with Crippen LogP contribution in [0, 0.1) is 5.92 Å². The van der Waals surface area contributed by atoms with E-state index in [1.807, 2.05) is 4.90 Å². The predicted molar refractivity (Wildman–Crippen MR) is 61.5 cm³/mol. The second-order valence-corrected chi connectivity index (χ2v) is 4.66. The van der Waals surface area contributed by atoms with Crippen LogP contribution in [0.4, 0.5) is 0 Å². The van der Waals surface area contributed by atoms with E-state index in [4.69, 9.17) is 5.73 Å². The average Bonchev–Trinajstić information content (AvgIpc) is 2.43. The van der Waals surface area contributed by atoms with Gasteiger partial charge in [0.15, 0.2) is 0 Å². The van der Waals surface area contributed by atoms with Gasteiger partial charge in [-0.05, 0) is 25.3 Å². The molecule has 0 aromatic heterocycles. The van der Waals surface area contributed by atoms with Gasteiger partial charge >= 0.3 is 0 Å². The van der Waals surface area contributed by atoms with Gasteiger partial charge in [0, 0.05) is 19.6 Å².